The molecule has 0 fully saturated rings. The molecule has 2 aromatic rings. The maximum absolute atomic E-state index is 12.3. The Morgan fingerprint density at radius 3 is 2.48 bits per heavy atom. The molecule has 0 aliphatic carbocycles. The molecule has 1 amide bonds. The van der Waals surface area contributed by atoms with Crippen molar-refractivity contribution in [3.8, 4) is 11.6 Å². The molecule has 1 unspecified atom stereocenters. The summed E-state index contributed by atoms with van der Waals surface area (Å²) in [5, 5.41) is 2.61. The number of alkyl halides is 3. The number of hydrogen-bond donors (Lipinski definition) is 1. The molecule has 1 aromatic carbocycles. The standard InChI is InChI=1S/C19H19F3N2O5/c1-3-27-15-7-5-4-6-14(15)24-17(25)12(2)29-18(26)13-8-9-16(23-10-13)28-11-19(20,21)22/h4-10,12H,3,11H2,1-2H3,(H,24,25). The molecule has 2 rings (SSSR count). The van der Waals surface area contributed by atoms with Crippen LogP contribution in [0.4, 0.5) is 18.9 Å². The van der Waals surface area contributed by atoms with Gasteiger partial charge in [-0.1, -0.05) is 12.1 Å². The minimum Gasteiger partial charge on any atom is -0.492 e. The summed E-state index contributed by atoms with van der Waals surface area (Å²) in [5.74, 6) is -1.26. The molecule has 0 aliphatic heterocycles. The third kappa shape index (κ3) is 6.98. The molecule has 0 aliphatic rings. The first kappa shape index (κ1) is 22.0. The number of esters is 1. The van der Waals surface area contributed by atoms with E-state index in [4.69, 9.17) is 9.47 Å². The normalized spacial score (nSPS) is 12.0. The summed E-state index contributed by atoms with van der Waals surface area (Å²) >= 11 is 0. The minimum absolute atomic E-state index is 0.0428. The Hall–Kier alpha value is -3.30. The number of hydrogen-bond acceptors (Lipinski definition) is 6. The number of benzene rings is 1. The predicted octanol–water partition coefficient (Wildman–Crippen LogP) is 3.61. The van der Waals surface area contributed by atoms with Crippen molar-refractivity contribution in [3.05, 3.63) is 48.2 Å². The van der Waals surface area contributed by atoms with Gasteiger partial charge in [0.15, 0.2) is 12.7 Å². The SMILES string of the molecule is CCOc1ccccc1NC(=O)C(C)OC(=O)c1ccc(OCC(F)(F)F)nc1. The van der Waals surface area contributed by atoms with Gasteiger partial charge in [-0.15, -0.1) is 0 Å². The molecule has 1 atom stereocenters. The molecular weight excluding hydrogens is 393 g/mol. The van der Waals surface area contributed by atoms with Crippen LogP contribution >= 0.6 is 0 Å². The number of nitrogens with one attached hydrogen (secondary N) is 1. The highest BCUT2D eigenvalue weighted by Crippen LogP contribution is 2.24. The highest BCUT2D eigenvalue weighted by Gasteiger charge is 2.28. The maximum Gasteiger partial charge on any atom is 0.422 e. The van der Waals surface area contributed by atoms with Gasteiger partial charge in [0.25, 0.3) is 5.91 Å². The zero-order valence-electron chi connectivity index (χ0n) is 15.7. The summed E-state index contributed by atoms with van der Waals surface area (Å²) in [5.41, 5.74) is 0.383. The van der Waals surface area contributed by atoms with Crippen molar-refractivity contribution in [2.24, 2.45) is 0 Å². The van der Waals surface area contributed by atoms with Crippen molar-refractivity contribution in [3.63, 3.8) is 0 Å². The second-order valence-corrected chi connectivity index (χ2v) is 5.75. The molecule has 10 heteroatoms. The van der Waals surface area contributed by atoms with Crippen LogP contribution in [0, 0.1) is 0 Å². The number of carbonyl (C=O) groups is 2. The van der Waals surface area contributed by atoms with Gasteiger partial charge in [0.05, 0.1) is 17.9 Å². The van der Waals surface area contributed by atoms with E-state index >= 15 is 0 Å². The predicted molar refractivity (Wildman–Crippen MR) is 96.9 cm³/mol. The molecular formula is C19H19F3N2O5. The Labute approximate surface area is 164 Å². The molecule has 0 saturated carbocycles. The Kier molecular flexibility index (Phi) is 7.40. The molecule has 29 heavy (non-hydrogen) atoms. The Morgan fingerprint density at radius 2 is 1.86 bits per heavy atom. The van der Waals surface area contributed by atoms with Crippen molar-refractivity contribution in [2.45, 2.75) is 26.1 Å². The van der Waals surface area contributed by atoms with Crippen LogP contribution in [-0.2, 0) is 9.53 Å². The Bertz CT molecular complexity index is 840. The first-order chi connectivity index (χ1) is 13.7. The van der Waals surface area contributed by atoms with E-state index in [-0.39, 0.29) is 11.4 Å². The Morgan fingerprint density at radius 1 is 1.14 bits per heavy atom. The highest BCUT2D eigenvalue weighted by atomic mass is 19.4. The zero-order valence-corrected chi connectivity index (χ0v) is 15.7. The van der Waals surface area contributed by atoms with Crippen LogP contribution in [0.15, 0.2) is 42.6 Å². The van der Waals surface area contributed by atoms with Crippen LogP contribution in [0.25, 0.3) is 0 Å². The number of nitrogens with zero attached hydrogens (tertiary/aromatic N) is 1. The van der Waals surface area contributed by atoms with Gasteiger partial charge in [-0.05, 0) is 32.0 Å². The summed E-state index contributed by atoms with van der Waals surface area (Å²) < 4.78 is 51.3. The Balaban J connectivity index is 1.93. The van der Waals surface area contributed by atoms with Crippen LogP contribution in [0.1, 0.15) is 24.2 Å². The second-order valence-electron chi connectivity index (χ2n) is 5.75. The molecule has 7 nitrogen and oxygen atoms in total. The minimum atomic E-state index is -4.50. The van der Waals surface area contributed by atoms with Gasteiger partial charge in [-0.25, -0.2) is 9.78 Å². The van der Waals surface area contributed by atoms with E-state index in [1.807, 2.05) is 0 Å². The summed E-state index contributed by atoms with van der Waals surface area (Å²) in [7, 11) is 0. The summed E-state index contributed by atoms with van der Waals surface area (Å²) in [6, 6.07) is 9.08. The smallest absolute Gasteiger partial charge is 0.422 e. The van der Waals surface area contributed by atoms with E-state index in [0.717, 1.165) is 12.3 Å². The van der Waals surface area contributed by atoms with Gasteiger partial charge in [-0.2, -0.15) is 13.2 Å². The number of halogens is 3. The molecule has 1 aromatic heterocycles. The third-order valence-corrected chi connectivity index (χ3v) is 3.45. The summed E-state index contributed by atoms with van der Waals surface area (Å²) in [4.78, 5) is 28.0. The van der Waals surface area contributed by atoms with E-state index in [9.17, 15) is 22.8 Å². The number of anilines is 1. The van der Waals surface area contributed by atoms with Crippen molar-refractivity contribution >= 4 is 17.6 Å². The van der Waals surface area contributed by atoms with Crippen LogP contribution in [0.3, 0.4) is 0 Å². The highest BCUT2D eigenvalue weighted by molar-refractivity contribution is 5.98. The van der Waals surface area contributed by atoms with Crippen molar-refractivity contribution < 1.29 is 37.0 Å². The van der Waals surface area contributed by atoms with E-state index in [1.54, 1.807) is 31.2 Å². The first-order valence-corrected chi connectivity index (χ1v) is 8.59. The average Bonchev–Trinajstić information content (AvgIpc) is 2.67. The molecule has 0 bridgehead atoms. The fourth-order valence-corrected chi connectivity index (χ4v) is 2.11. The number of rotatable bonds is 8. The lowest BCUT2D eigenvalue weighted by molar-refractivity contribution is -0.154. The zero-order chi connectivity index (χ0) is 21.4. The largest absolute Gasteiger partial charge is 0.492 e. The number of para-hydroxylation sites is 2. The monoisotopic (exact) mass is 412 g/mol. The number of aromatic nitrogens is 1. The quantitative estimate of drug-likeness (QED) is 0.667. The molecule has 0 saturated heterocycles. The number of carbonyl (C=O) groups excluding carboxylic acids is 2. The van der Waals surface area contributed by atoms with E-state index < -0.39 is 30.8 Å². The van der Waals surface area contributed by atoms with E-state index in [0.29, 0.717) is 18.0 Å². The summed E-state index contributed by atoms with van der Waals surface area (Å²) in [6.45, 7) is 2.10. The lowest BCUT2D eigenvalue weighted by Gasteiger charge is -2.15. The number of amides is 1. The van der Waals surface area contributed by atoms with Gasteiger partial charge in [0.1, 0.15) is 5.75 Å². The number of pyridine rings is 1. The third-order valence-electron chi connectivity index (χ3n) is 3.45. The molecule has 1 heterocycles. The van der Waals surface area contributed by atoms with Gasteiger partial charge in [-0.3, -0.25) is 4.79 Å². The molecule has 0 spiro atoms. The lowest BCUT2D eigenvalue weighted by Crippen LogP contribution is -2.30. The fraction of sp³-hybridized carbons (Fsp3) is 0.316. The van der Waals surface area contributed by atoms with Gasteiger partial charge >= 0.3 is 12.1 Å². The van der Waals surface area contributed by atoms with Crippen molar-refractivity contribution in [1.82, 2.24) is 4.98 Å². The van der Waals surface area contributed by atoms with E-state index in [1.165, 1.54) is 13.0 Å². The number of ether oxygens (including phenoxy) is 3. The summed E-state index contributed by atoms with van der Waals surface area (Å²) in [6.07, 6.45) is -4.63. The van der Waals surface area contributed by atoms with Gasteiger partial charge in [0, 0.05) is 12.3 Å². The lowest BCUT2D eigenvalue weighted by atomic mass is 10.2. The van der Waals surface area contributed by atoms with Gasteiger partial charge in [0.2, 0.25) is 5.88 Å². The van der Waals surface area contributed by atoms with Crippen molar-refractivity contribution in [1.29, 1.82) is 0 Å². The van der Waals surface area contributed by atoms with Crippen LogP contribution in [0.2, 0.25) is 0 Å². The molecule has 156 valence electrons. The van der Waals surface area contributed by atoms with Crippen LogP contribution < -0.4 is 14.8 Å². The maximum atomic E-state index is 12.3. The fourth-order valence-electron chi connectivity index (χ4n) is 2.11. The van der Waals surface area contributed by atoms with E-state index in [2.05, 4.69) is 15.0 Å². The average molecular weight is 412 g/mol. The molecule has 0 radical (unpaired) electrons. The van der Waals surface area contributed by atoms with Crippen LogP contribution in [-0.4, -0.2) is 42.4 Å². The second kappa shape index (κ2) is 9.76. The molecule has 1 N–H and O–H groups in total. The van der Waals surface area contributed by atoms with Crippen molar-refractivity contribution in [2.75, 3.05) is 18.5 Å². The van der Waals surface area contributed by atoms with Crippen LogP contribution in [0.5, 0.6) is 11.6 Å². The first-order valence-electron chi connectivity index (χ1n) is 8.59. The van der Waals surface area contributed by atoms with Gasteiger partial charge < -0.3 is 19.5 Å². The topological polar surface area (TPSA) is 86.8 Å².